The van der Waals surface area contributed by atoms with Gasteiger partial charge < -0.3 is 4.90 Å². The van der Waals surface area contributed by atoms with Gasteiger partial charge in [0.25, 0.3) is 0 Å². The topological polar surface area (TPSA) is 80.2 Å². The molecule has 3 rings (SSSR count). The maximum absolute atomic E-state index is 12.9. The van der Waals surface area contributed by atoms with Gasteiger partial charge in [0.05, 0.1) is 17.3 Å². The van der Waals surface area contributed by atoms with Crippen molar-refractivity contribution < 1.29 is 13.2 Å². The van der Waals surface area contributed by atoms with Crippen LogP contribution in [0.4, 0.5) is 0 Å². The van der Waals surface area contributed by atoms with Gasteiger partial charge in [-0.1, -0.05) is 54.6 Å². The molecule has 0 bridgehead atoms. The van der Waals surface area contributed by atoms with Crippen molar-refractivity contribution in [3.8, 4) is 0 Å². The van der Waals surface area contributed by atoms with E-state index < -0.39 is 9.84 Å². The highest BCUT2D eigenvalue weighted by atomic mass is 32.2. The second-order valence-corrected chi connectivity index (χ2v) is 12.3. The van der Waals surface area contributed by atoms with E-state index in [1.807, 2.05) is 4.90 Å². The first-order chi connectivity index (χ1) is 12.0. The molecule has 1 aliphatic carbocycles. The van der Waals surface area contributed by atoms with Crippen molar-refractivity contribution in [3.05, 3.63) is 0 Å². The van der Waals surface area contributed by atoms with Crippen molar-refractivity contribution in [1.29, 1.82) is 0 Å². The molecule has 0 N–H and O–H groups in total. The summed E-state index contributed by atoms with van der Waals surface area (Å²) in [5, 5.41) is 8.24. The Bertz CT molecular complexity index is 701. The third-order valence-corrected chi connectivity index (χ3v) is 9.39. The largest absolute Gasteiger partial charge is 0.335 e. The van der Waals surface area contributed by atoms with Gasteiger partial charge in [0.2, 0.25) is 5.91 Å². The van der Waals surface area contributed by atoms with Crippen LogP contribution in [0.1, 0.15) is 39.0 Å². The van der Waals surface area contributed by atoms with Crippen molar-refractivity contribution in [1.82, 2.24) is 15.1 Å². The second kappa shape index (κ2) is 8.58. The van der Waals surface area contributed by atoms with Crippen LogP contribution in [0.3, 0.4) is 0 Å². The van der Waals surface area contributed by atoms with Gasteiger partial charge in [0.15, 0.2) is 18.5 Å². The molecule has 140 valence electrons. The molecule has 10 heteroatoms. The minimum absolute atomic E-state index is 0.0406. The second-order valence-electron chi connectivity index (χ2n) is 6.35. The van der Waals surface area contributed by atoms with Gasteiger partial charge in [0.1, 0.15) is 0 Å². The molecule has 0 unspecified atom stereocenters. The molecule has 2 fully saturated rings. The van der Waals surface area contributed by atoms with Crippen LogP contribution in [0.25, 0.3) is 0 Å². The number of aromatic nitrogens is 2. The van der Waals surface area contributed by atoms with Crippen LogP contribution in [0.5, 0.6) is 0 Å². The van der Waals surface area contributed by atoms with Crippen LogP contribution < -0.4 is 0 Å². The normalized spacial score (nSPS) is 23.2. The third-order valence-electron chi connectivity index (χ3n) is 4.58. The molecule has 1 aromatic heterocycles. The molecule has 25 heavy (non-hydrogen) atoms. The molecule has 1 atom stereocenters. The Hall–Kier alpha value is -0.320. The number of rotatable bonds is 7. The van der Waals surface area contributed by atoms with Crippen molar-refractivity contribution in [2.24, 2.45) is 0 Å². The number of sulfone groups is 1. The van der Waals surface area contributed by atoms with E-state index in [9.17, 15) is 13.2 Å². The number of carbonyl (C=O) groups is 1. The Kier molecular flexibility index (Phi) is 6.67. The van der Waals surface area contributed by atoms with Crippen LogP contribution in [0.2, 0.25) is 0 Å². The van der Waals surface area contributed by atoms with Gasteiger partial charge in [-0.2, -0.15) is 0 Å². The number of thioether (sulfide) groups is 2. The number of nitrogens with zero attached hydrogens (tertiary/aromatic N) is 3. The first kappa shape index (κ1) is 19.4. The highest BCUT2D eigenvalue weighted by molar-refractivity contribution is 8.03. The number of amides is 1. The summed E-state index contributed by atoms with van der Waals surface area (Å²) in [6.45, 7) is 2.07. The number of hydrogen-bond donors (Lipinski definition) is 0. The molecule has 2 aliphatic rings. The van der Waals surface area contributed by atoms with Crippen molar-refractivity contribution in [3.63, 3.8) is 0 Å². The van der Waals surface area contributed by atoms with Crippen molar-refractivity contribution in [2.45, 2.75) is 59.8 Å². The molecular formula is C15H23N3O3S4. The molecule has 1 amide bonds. The highest BCUT2D eigenvalue weighted by Gasteiger charge is 2.38. The summed E-state index contributed by atoms with van der Waals surface area (Å²) < 4.78 is 25.5. The smallest absolute Gasteiger partial charge is 0.233 e. The van der Waals surface area contributed by atoms with E-state index in [1.54, 1.807) is 11.8 Å². The Labute approximate surface area is 161 Å². The van der Waals surface area contributed by atoms with Crippen LogP contribution in [-0.4, -0.2) is 64.5 Å². The maximum Gasteiger partial charge on any atom is 0.233 e. The molecule has 1 aromatic rings. The van der Waals surface area contributed by atoms with Gasteiger partial charge in [-0.05, 0) is 25.0 Å². The maximum atomic E-state index is 12.9. The van der Waals surface area contributed by atoms with Crippen molar-refractivity contribution in [2.75, 3.05) is 23.0 Å². The van der Waals surface area contributed by atoms with E-state index in [0.717, 1.165) is 40.1 Å². The quantitative estimate of drug-likeness (QED) is 0.626. The molecule has 2 heterocycles. The van der Waals surface area contributed by atoms with Crippen LogP contribution >= 0.6 is 34.9 Å². The fourth-order valence-corrected chi connectivity index (χ4v) is 8.02. The third kappa shape index (κ3) is 5.11. The van der Waals surface area contributed by atoms with E-state index in [4.69, 9.17) is 0 Å². The Morgan fingerprint density at radius 1 is 1.16 bits per heavy atom. The fraction of sp³-hybridized carbons (Fsp3) is 0.800. The molecule has 6 nitrogen and oxygen atoms in total. The van der Waals surface area contributed by atoms with Gasteiger partial charge >= 0.3 is 0 Å². The van der Waals surface area contributed by atoms with E-state index in [1.165, 1.54) is 23.1 Å². The summed E-state index contributed by atoms with van der Waals surface area (Å²) >= 11 is 4.57. The summed E-state index contributed by atoms with van der Waals surface area (Å²) in [5.41, 5.74) is 0. The van der Waals surface area contributed by atoms with Gasteiger partial charge in [-0.15, -0.1) is 10.2 Å². The van der Waals surface area contributed by atoms with Crippen LogP contribution in [-0.2, 0) is 14.6 Å². The SMILES string of the molecule is CCSc1nnc(SCC(=O)N(C2CCCC2)[C@H]2CCS(=O)(=O)C2)s1. The summed E-state index contributed by atoms with van der Waals surface area (Å²) in [7, 11) is -3.00. The Morgan fingerprint density at radius 2 is 1.84 bits per heavy atom. The summed E-state index contributed by atoms with van der Waals surface area (Å²) in [5.74, 6) is 1.62. The molecule has 1 saturated heterocycles. The van der Waals surface area contributed by atoms with Gasteiger partial charge in [-0.3, -0.25) is 4.79 Å². The average molecular weight is 422 g/mol. The number of hydrogen-bond acceptors (Lipinski definition) is 8. The first-order valence-electron chi connectivity index (χ1n) is 8.59. The lowest BCUT2D eigenvalue weighted by Gasteiger charge is -2.34. The van der Waals surface area contributed by atoms with E-state index in [2.05, 4.69) is 17.1 Å². The van der Waals surface area contributed by atoms with Crippen LogP contribution in [0, 0.1) is 0 Å². The van der Waals surface area contributed by atoms with E-state index in [-0.39, 0.29) is 29.5 Å². The summed E-state index contributed by atoms with van der Waals surface area (Å²) in [6, 6.07) is 0.0499. The predicted molar refractivity (Wildman–Crippen MR) is 103 cm³/mol. The average Bonchev–Trinajstić information content (AvgIpc) is 3.28. The van der Waals surface area contributed by atoms with Crippen LogP contribution in [0.15, 0.2) is 8.68 Å². The first-order valence-corrected chi connectivity index (χ1v) is 13.2. The Balaban J connectivity index is 1.64. The predicted octanol–water partition coefficient (Wildman–Crippen LogP) is 2.70. The van der Waals surface area contributed by atoms with E-state index in [0.29, 0.717) is 12.2 Å². The molecule has 0 radical (unpaired) electrons. The lowest BCUT2D eigenvalue weighted by molar-refractivity contribution is -0.132. The number of carbonyl (C=O) groups excluding carboxylic acids is 1. The van der Waals surface area contributed by atoms with Crippen molar-refractivity contribution >= 4 is 50.6 Å². The highest BCUT2D eigenvalue weighted by Crippen LogP contribution is 2.32. The summed E-state index contributed by atoms with van der Waals surface area (Å²) in [4.78, 5) is 14.8. The standard InChI is InChI=1S/C15H23N3O3S4/c1-2-22-14-16-17-15(24-14)23-9-13(19)18(11-5-3-4-6-11)12-7-8-25(20,21)10-12/h11-12H,2-10H2,1H3/t12-/m0/s1. The minimum Gasteiger partial charge on any atom is -0.335 e. The van der Waals surface area contributed by atoms with Gasteiger partial charge in [0, 0.05) is 12.1 Å². The fourth-order valence-electron chi connectivity index (χ4n) is 3.52. The molecule has 0 aromatic carbocycles. The monoisotopic (exact) mass is 421 g/mol. The molecule has 0 spiro atoms. The molecule has 1 saturated carbocycles. The lowest BCUT2D eigenvalue weighted by Crippen LogP contribution is -2.47. The Morgan fingerprint density at radius 3 is 2.44 bits per heavy atom. The van der Waals surface area contributed by atoms with E-state index >= 15 is 0 Å². The molecular weight excluding hydrogens is 398 g/mol. The zero-order valence-electron chi connectivity index (χ0n) is 14.2. The zero-order valence-corrected chi connectivity index (χ0v) is 17.5. The minimum atomic E-state index is -3.00. The summed E-state index contributed by atoms with van der Waals surface area (Å²) in [6.07, 6.45) is 4.79. The lowest BCUT2D eigenvalue weighted by atomic mass is 10.1. The van der Waals surface area contributed by atoms with Gasteiger partial charge in [-0.25, -0.2) is 8.42 Å². The molecule has 1 aliphatic heterocycles. The zero-order chi connectivity index (χ0) is 17.9.